The maximum atomic E-state index is 12.5. The number of rotatable bonds is 10. The molecule has 0 saturated carbocycles. The summed E-state index contributed by atoms with van der Waals surface area (Å²) >= 11 is 2.86. The number of sulfone groups is 1. The normalized spacial score (nSPS) is 12.3. The highest BCUT2D eigenvalue weighted by Gasteiger charge is 2.15. The number of benzene rings is 2. The molecule has 0 bridgehead atoms. The summed E-state index contributed by atoms with van der Waals surface area (Å²) in [5, 5.41) is 11.1. The Balaban J connectivity index is 1.74. The summed E-state index contributed by atoms with van der Waals surface area (Å²) in [6.07, 6.45) is 2.18. The fraction of sp³-hybridized carbons (Fsp3) is 0.333. The van der Waals surface area contributed by atoms with Gasteiger partial charge in [-0.15, -0.1) is 0 Å². The molecule has 0 radical (unpaired) electrons. The van der Waals surface area contributed by atoms with E-state index >= 15 is 0 Å². The average Bonchev–Trinajstić information content (AvgIpc) is 3.08. The second-order valence-electron chi connectivity index (χ2n) is 7.12. The van der Waals surface area contributed by atoms with Gasteiger partial charge in [0.05, 0.1) is 26.6 Å². The SMILES string of the molecule is CSCCn1c(=NC(=O)CCCS(=O)(=O)Cc2ccccc2)sc2cc([N+](=O)[O-])ccc21. The molecule has 1 aromatic heterocycles. The summed E-state index contributed by atoms with van der Waals surface area (Å²) in [7, 11) is -3.32. The Morgan fingerprint density at radius 3 is 2.66 bits per heavy atom. The Morgan fingerprint density at radius 2 is 1.97 bits per heavy atom. The molecule has 3 rings (SSSR count). The van der Waals surface area contributed by atoms with Crippen molar-refractivity contribution in [3.63, 3.8) is 0 Å². The highest BCUT2D eigenvalue weighted by atomic mass is 32.2. The summed E-state index contributed by atoms with van der Waals surface area (Å²) in [4.78, 5) is 27.7. The van der Waals surface area contributed by atoms with Gasteiger partial charge in [0.25, 0.3) is 5.69 Å². The Morgan fingerprint density at radius 1 is 1.22 bits per heavy atom. The summed E-state index contributed by atoms with van der Waals surface area (Å²) in [5.41, 5.74) is 1.49. The second-order valence-corrected chi connectivity index (χ2v) is 11.3. The highest BCUT2D eigenvalue weighted by molar-refractivity contribution is 7.98. The first kappa shape index (κ1) is 24.1. The van der Waals surface area contributed by atoms with Gasteiger partial charge in [0, 0.05) is 30.9 Å². The van der Waals surface area contributed by atoms with Crippen molar-refractivity contribution in [2.45, 2.75) is 25.1 Å². The molecule has 2 aromatic carbocycles. The first-order valence-corrected chi connectivity index (χ1v) is 13.9. The van der Waals surface area contributed by atoms with Gasteiger partial charge in [0.2, 0.25) is 5.91 Å². The summed E-state index contributed by atoms with van der Waals surface area (Å²) < 4.78 is 27.2. The zero-order valence-corrected chi connectivity index (χ0v) is 19.9. The molecular weight excluding hydrogens is 470 g/mol. The van der Waals surface area contributed by atoms with Crippen molar-refractivity contribution in [1.82, 2.24) is 4.57 Å². The van der Waals surface area contributed by atoms with Crippen molar-refractivity contribution < 1.29 is 18.1 Å². The van der Waals surface area contributed by atoms with Crippen molar-refractivity contribution in [2.24, 2.45) is 4.99 Å². The van der Waals surface area contributed by atoms with Gasteiger partial charge in [0.15, 0.2) is 14.6 Å². The van der Waals surface area contributed by atoms with Crippen molar-refractivity contribution in [2.75, 3.05) is 17.8 Å². The fourth-order valence-corrected chi connectivity index (χ4v) is 6.07. The molecule has 32 heavy (non-hydrogen) atoms. The van der Waals surface area contributed by atoms with Crippen molar-refractivity contribution in [1.29, 1.82) is 0 Å². The summed E-state index contributed by atoms with van der Waals surface area (Å²) in [6, 6.07) is 13.5. The predicted octanol–water partition coefficient (Wildman–Crippen LogP) is 3.80. The van der Waals surface area contributed by atoms with Crippen LogP contribution in [0.15, 0.2) is 53.5 Å². The fourth-order valence-electron chi connectivity index (χ4n) is 3.17. The van der Waals surface area contributed by atoms with E-state index in [0.717, 1.165) is 16.8 Å². The van der Waals surface area contributed by atoms with Crippen LogP contribution in [0.1, 0.15) is 18.4 Å². The average molecular weight is 494 g/mol. The van der Waals surface area contributed by atoms with Crippen LogP contribution in [0.2, 0.25) is 0 Å². The lowest BCUT2D eigenvalue weighted by atomic mass is 10.2. The van der Waals surface area contributed by atoms with Gasteiger partial charge in [-0.2, -0.15) is 16.8 Å². The van der Waals surface area contributed by atoms with E-state index < -0.39 is 20.7 Å². The molecular formula is C21H23N3O5S3. The minimum atomic E-state index is -3.32. The number of hydrogen-bond acceptors (Lipinski definition) is 7. The monoisotopic (exact) mass is 493 g/mol. The minimum absolute atomic E-state index is 0.0164. The second kappa shape index (κ2) is 10.9. The number of aryl methyl sites for hydroxylation is 1. The van der Waals surface area contributed by atoms with Crippen LogP contribution in [0.4, 0.5) is 5.69 Å². The Kier molecular flexibility index (Phi) is 8.21. The third-order valence-corrected chi connectivity index (χ3v) is 8.01. The number of aromatic nitrogens is 1. The Hall–Kier alpha value is -2.50. The lowest BCUT2D eigenvalue weighted by Gasteiger charge is -2.04. The third kappa shape index (κ3) is 6.50. The van der Waals surface area contributed by atoms with Gasteiger partial charge in [-0.1, -0.05) is 41.7 Å². The lowest BCUT2D eigenvalue weighted by molar-refractivity contribution is -0.384. The molecule has 0 unspecified atom stereocenters. The first-order chi connectivity index (χ1) is 15.3. The number of nitrogens with zero attached hydrogens (tertiary/aromatic N) is 3. The molecule has 0 aliphatic carbocycles. The number of nitro groups is 1. The standard InChI is InChI=1S/C21H23N3O5S3/c1-30-12-11-23-18-10-9-17(24(26)27)14-19(18)31-21(23)22-20(25)8-5-13-32(28,29)15-16-6-3-2-4-7-16/h2-4,6-7,9-10,14H,5,8,11-13,15H2,1H3. The molecule has 1 amide bonds. The molecule has 0 aliphatic heterocycles. The van der Waals surface area contributed by atoms with E-state index in [-0.39, 0.29) is 30.0 Å². The molecule has 1 heterocycles. The van der Waals surface area contributed by atoms with Gasteiger partial charge in [0.1, 0.15) is 0 Å². The van der Waals surface area contributed by atoms with Gasteiger partial charge < -0.3 is 4.57 Å². The summed E-state index contributed by atoms with van der Waals surface area (Å²) in [6.45, 7) is 0.608. The van der Waals surface area contributed by atoms with Crippen LogP contribution >= 0.6 is 23.1 Å². The molecule has 0 fully saturated rings. The van der Waals surface area contributed by atoms with Crippen LogP contribution < -0.4 is 4.80 Å². The number of hydrogen-bond donors (Lipinski definition) is 0. The summed E-state index contributed by atoms with van der Waals surface area (Å²) in [5.74, 6) is 0.248. The zero-order chi connectivity index (χ0) is 23.1. The van der Waals surface area contributed by atoms with E-state index in [9.17, 15) is 23.3 Å². The minimum Gasteiger partial charge on any atom is -0.316 e. The molecule has 170 valence electrons. The quantitative estimate of drug-likeness (QED) is 0.314. The Bertz CT molecular complexity index is 1280. The molecule has 0 aliphatic rings. The van der Waals surface area contributed by atoms with Crippen molar-refractivity contribution in [3.05, 3.63) is 69.0 Å². The van der Waals surface area contributed by atoms with E-state index in [2.05, 4.69) is 4.99 Å². The molecule has 8 nitrogen and oxygen atoms in total. The molecule has 3 aromatic rings. The van der Waals surface area contributed by atoms with Crippen LogP contribution in [0.3, 0.4) is 0 Å². The van der Waals surface area contributed by atoms with Gasteiger partial charge in [-0.3, -0.25) is 14.9 Å². The maximum absolute atomic E-state index is 12.5. The predicted molar refractivity (Wildman–Crippen MR) is 129 cm³/mol. The Labute approximate surface area is 194 Å². The van der Waals surface area contributed by atoms with Crippen LogP contribution in [0.5, 0.6) is 0 Å². The van der Waals surface area contributed by atoms with E-state index in [0.29, 0.717) is 16.0 Å². The third-order valence-electron chi connectivity index (χ3n) is 4.69. The van der Waals surface area contributed by atoms with Crippen molar-refractivity contribution >= 4 is 54.7 Å². The first-order valence-electron chi connectivity index (χ1n) is 9.88. The van der Waals surface area contributed by atoms with Crippen LogP contribution in [0, 0.1) is 10.1 Å². The molecule has 0 N–H and O–H groups in total. The van der Waals surface area contributed by atoms with Gasteiger partial charge in [-0.25, -0.2) is 8.42 Å². The smallest absolute Gasteiger partial charge is 0.270 e. The topological polar surface area (TPSA) is 112 Å². The van der Waals surface area contributed by atoms with Gasteiger partial charge >= 0.3 is 0 Å². The molecule has 11 heteroatoms. The number of carbonyl (C=O) groups excluding carboxylic acids is 1. The number of nitro benzene ring substituents is 1. The molecule has 0 atom stereocenters. The van der Waals surface area contributed by atoms with Gasteiger partial charge in [-0.05, 0) is 24.3 Å². The largest absolute Gasteiger partial charge is 0.316 e. The number of thiazole rings is 1. The zero-order valence-electron chi connectivity index (χ0n) is 17.5. The van der Waals surface area contributed by atoms with Crippen LogP contribution in [-0.4, -0.2) is 41.6 Å². The van der Waals surface area contributed by atoms with Crippen LogP contribution in [-0.2, 0) is 26.9 Å². The number of thioether (sulfide) groups is 1. The van der Waals surface area contributed by atoms with Crippen LogP contribution in [0.25, 0.3) is 10.2 Å². The number of amides is 1. The van der Waals surface area contributed by atoms with E-state index in [4.69, 9.17) is 0 Å². The number of non-ortho nitro benzene ring substituents is 1. The number of carbonyl (C=O) groups is 1. The van der Waals surface area contributed by atoms with Crippen molar-refractivity contribution in [3.8, 4) is 0 Å². The highest BCUT2D eigenvalue weighted by Crippen LogP contribution is 2.23. The maximum Gasteiger partial charge on any atom is 0.270 e. The van der Waals surface area contributed by atoms with E-state index in [1.807, 2.05) is 16.9 Å². The lowest BCUT2D eigenvalue weighted by Crippen LogP contribution is -2.18. The molecule has 0 spiro atoms. The van der Waals surface area contributed by atoms with E-state index in [1.54, 1.807) is 42.1 Å². The number of fused-ring (bicyclic) bond motifs is 1. The van der Waals surface area contributed by atoms with E-state index in [1.165, 1.54) is 23.5 Å². The molecule has 0 saturated heterocycles.